The highest BCUT2D eigenvalue weighted by molar-refractivity contribution is 7.90. The van der Waals surface area contributed by atoms with Crippen LogP contribution in [-0.2, 0) is 28.6 Å². The minimum absolute atomic E-state index is 0.0533. The van der Waals surface area contributed by atoms with Crippen LogP contribution in [0.1, 0.15) is 49.2 Å². The summed E-state index contributed by atoms with van der Waals surface area (Å²) in [6.07, 6.45) is 4.28. The largest absolute Gasteiger partial charge is 0.309 e. The number of thiazole rings is 1. The van der Waals surface area contributed by atoms with Crippen molar-refractivity contribution < 1.29 is 8.42 Å². The van der Waals surface area contributed by atoms with Gasteiger partial charge in [0.05, 0.1) is 5.69 Å². The van der Waals surface area contributed by atoms with Gasteiger partial charge in [0, 0.05) is 23.7 Å². The first kappa shape index (κ1) is 16.6. The standard InChI is InChI=1S/C13H24N2O2S2/c1-5-7-11-12(8-14-10(3)6-2)18-13(15-11)9-19(4,16)17/h10,14H,5-9H2,1-4H3. The molecule has 0 saturated heterocycles. The summed E-state index contributed by atoms with van der Waals surface area (Å²) in [5.74, 6) is 0.0533. The molecule has 6 heteroatoms. The molecule has 19 heavy (non-hydrogen) atoms. The Morgan fingerprint density at radius 2 is 2.05 bits per heavy atom. The first-order valence-electron chi connectivity index (χ1n) is 6.74. The molecule has 0 aliphatic heterocycles. The Bertz CT molecular complexity index is 495. The van der Waals surface area contributed by atoms with Gasteiger partial charge in [-0.3, -0.25) is 0 Å². The van der Waals surface area contributed by atoms with Crippen molar-refractivity contribution in [2.45, 2.75) is 58.4 Å². The van der Waals surface area contributed by atoms with Gasteiger partial charge in [-0.25, -0.2) is 13.4 Å². The maximum atomic E-state index is 11.3. The molecule has 0 radical (unpaired) electrons. The Hall–Kier alpha value is -0.460. The molecular weight excluding hydrogens is 280 g/mol. The van der Waals surface area contributed by atoms with Gasteiger partial charge in [0.2, 0.25) is 0 Å². The minimum atomic E-state index is -3.00. The van der Waals surface area contributed by atoms with E-state index < -0.39 is 9.84 Å². The molecule has 0 amide bonds. The van der Waals surface area contributed by atoms with Crippen LogP contribution in [0.2, 0.25) is 0 Å². The second kappa shape index (κ2) is 7.36. The van der Waals surface area contributed by atoms with Gasteiger partial charge in [-0.05, 0) is 19.8 Å². The number of sulfone groups is 1. The summed E-state index contributed by atoms with van der Waals surface area (Å²) < 4.78 is 22.7. The molecular formula is C13H24N2O2S2. The summed E-state index contributed by atoms with van der Waals surface area (Å²) in [4.78, 5) is 5.67. The molecule has 0 spiro atoms. The van der Waals surface area contributed by atoms with Gasteiger partial charge in [-0.15, -0.1) is 11.3 Å². The summed E-state index contributed by atoms with van der Waals surface area (Å²) in [7, 11) is -3.00. The molecule has 1 aromatic heterocycles. The average molecular weight is 304 g/mol. The van der Waals surface area contributed by atoms with Crippen molar-refractivity contribution >= 4 is 21.2 Å². The SMILES string of the molecule is CCCc1nc(CS(C)(=O)=O)sc1CNC(C)CC. The highest BCUT2D eigenvalue weighted by atomic mass is 32.2. The van der Waals surface area contributed by atoms with Crippen LogP contribution < -0.4 is 5.32 Å². The van der Waals surface area contributed by atoms with Gasteiger partial charge in [0.25, 0.3) is 0 Å². The van der Waals surface area contributed by atoms with Crippen LogP contribution in [-0.4, -0.2) is 25.7 Å². The van der Waals surface area contributed by atoms with E-state index in [1.54, 1.807) is 0 Å². The predicted molar refractivity (Wildman–Crippen MR) is 81.2 cm³/mol. The van der Waals surface area contributed by atoms with Crippen LogP contribution in [0.3, 0.4) is 0 Å². The van der Waals surface area contributed by atoms with Crippen LogP contribution in [0.15, 0.2) is 0 Å². The minimum Gasteiger partial charge on any atom is -0.309 e. The van der Waals surface area contributed by atoms with E-state index in [1.165, 1.54) is 22.5 Å². The van der Waals surface area contributed by atoms with E-state index in [0.717, 1.165) is 31.5 Å². The topological polar surface area (TPSA) is 59.1 Å². The smallest absolute Gasteiger partial charge is 0.153 e. The number of aromatic nitrogens is 1. The summed E-state index contributed by atoms with van der Waals surface area (Å²) in [5, 5.41) is 4.16. The zero-order valence-electron chi connectivity index (χ0n) is 12.2. The van der Waals surface area contributed by atoms with Gasteiger partial charge in [0.15, 0.2) is 9.84 Å². The number of hydrogen-bond donors (Lipinski definition) is 1. The fourth-order valence-electron chi connectivity index (χ4n) is 1.70. The third kappa shape index (κ3) is 6.01. The Morgan fingerprint density at radius 3 is 2.58 bits per heavy atom. The number of rotatable bonds is 8. The van der Waals surface area contributed by atoms with Gasteiger partial charge < -0.3 is 5.32 Å². The van der Waals surface area contributed by atoms with Crippen molar-refractivity contribution in [3.05, 3.63) is 15.6 Å². The quantitative estimate of drug-likeness (QED) is 0.802. The fraction of sp³-hybridized carbons (Fsp3) is 0.769. The second-order valence-corrected chi connectivity index (χ2v) is 8.30. The van der Waals surface area contributed by atoms with Crippen molar-refractivity contribution in [1.29, 1.82) is 0 Å². The lowest BCUT2D eigenvalue weighted by atomic mass is 10.2. The van der Waals surface area contributed by atoms with E-state index in [2.05, 4.69) is 31.1 Å². The lowest BCUT2D eigenvalue weighted by Crippen LogP contribution is -2.24. The Labute approximate surface area is 120 Å². The molecule has 4 nitrogen and oxygen atoms in total. The number of aryl methyl sites for hydroxylation is 1. The van der Waals surface area contributed by atoms with Gasteiger partial charge in [-0.1, -0.05) is 20.3 Å². The van der Waals surface area contributed by atoms with Crippen LogP contribution >= 0.6 is 11.3 Å². The van der Waals surface area contributed by atoms with Crippen molar-refractivity contribution in [2.24, 2.45) is 0 Å². The van der Waals surface area contributed by atoms with Crippen LogP contribution in [0.25, 0.3) is 0 Å². The monoisotopic (exact) mass is 304 g/mol. The second-order valence-electron chi connectivity index (χ2n) is 4.99. The molecule has 0 aliphatic carbocycles. The van der Waals surface area contributed by atoms with Crippen LogP contribution in [0.4, 0.5) is 0 Å². The molecule has 1 aromatic rings. The summed E-state index contributed by atoms with van der Waals surface area (Å²) >= 11 is 1.53. The maximum absolute atomic E-state index is 11.3. The molecule has 0 fully saturated rings. The van der Waals surface area contributed by atoms with Crippen molar-refractivity contribution in [3.63, 3.8) is 0 Å². The predicted octanol–water partition coefficient (Wildman–Crippen LogP) is 2.53. The summed E-state index contributed by atoms with van der Waals surface area (Å²) in [5.41, 5.74) is 1.06. The highest BCUT2D eigenvalue weighted by Gasteiger charge is 2.14. The van der Waals surface area contributed by atoms with E-state index in [0.29, 0.717) is 11.0 Å². The van der Waals surface area contributed by atoms with Crippen molar-refractivity contribution in [1.82, 2.24) is 10.3 Å². The van der Waals surface area contributed by atoms with Gasteiger partial charge in [0.1, 0.15) is 10.8 Å². The zero-order chi connectivity index (χ0) is 14.5. The molecule has 0 bridgehead atoms. The van der Waals surface area contributed by atoms with Crippen molar-refractivity contribution in [2.75, 3.05) is 6.26 Å². The lowest BCUT2D eigenvalue weighted by Gasteiger charge is -2.10. The first-order valence-corrected chi connectivity index (χ1v) is 9.62. The normalized spacial score (nSPS) is 13.7. The molecule has 1 atom stereocenters. The number of nitrogens with one attached hydrogen (secondary N) is 1. The molecule has 1 unspecified atom stereocenters. The Balaban J connectivity index is 2.82. The van der Waals surface area contributed by atoms with Crippen LogP contribution in [0, 0.1) is 0 Å². The molecule has 110 valence electrons. The van der Waals surface area contributed by atoms with E-state index in [9.17, 15) is 8.42 Å². The summed E-state index contributed by atoms with van der Waals surface area (Å²) in [6.45, 7) is 7.19. The number of hydrogen-bond acceptors (Lipinski definition) is 5. The van der Waals surface area contributed by atoms with E-state index in [4.69, 9.17) is 0 Å². The molecule has 0 saturated carbocycles. The van der Waals surface area contributed by atoms with E-state index >= 15 is 0 Å². The fourth-order valence-corrected chi connectivity index (χ4v) is 3.96. The third-order valence-corrected chi connectivity index (χ3v) is 5.00. The average Bonchev–Trinajstić information content (AvgIpc) is 2.66. The molecule has 1 heterocycles. The molecule has 0 aliphatic rings. The molecule has 1 rings (SSSR count). The Kier molecular flexibility index (Phi) is 6.42. The van der Waals surface area contributed by atoms with Crippen LogP contribution in [0.5, 0.6) is 0 Å². The number of nitrogens with zero attached hydrogens (tertiary/aromatic N) is 1. The Morgan fingerprint density at radius 1 is 1.37 bits per heavy atom. The zero-order valence-corrected chi connectivity index (χ0v) is 13.8. The molecule has 0 aromatic carbocycles. The third-order valence-electron chi connectivity index (χ3n) is 2.92. The summed E-state index contributed by atoms with van der Waals surface area (Å²) in [6, 6.07) is 0.468. The lowest BCUT2D eigenvalue weighted by molar-refractivity contribution is 0.535. The first-order chi connectivity index (χ1) is 8.85. The van der Waals surface area contributed by atoms with Crippen molar-refractivity contribution in [3.8, 4) is 0 Å². The van der Waals surface area contributed by atoms with E-state index in [-0.39, 0.29) is 5.75 Å². The molecule has 1 N–H and O–H groups in total. The maximum Gasteiger partial charge on any atom is 0.153 e. The van der Waals surface area contributed by atoms with E-state index in [1.807, 2.05) is 0 Å². The van der Waals surface area contributed by atoms with Gasteiger partial charge in [-0.2, -0.15) is 0 Å². The highest BCUT2D eigenvalue weighted by Crippen LogP contribution is 2.22. The van der Waals surface area contributed by atoms with Gasteiger partial charge >= 0.3 is 0 Å².